The van der Waals surface area contributed by atoms with Crippen molar-refractivity contribution in [2.45, 2.75) is 51.9 Å². The molecule has 2 rings (SSSR count). The van der Waals surface area contributed by atoms with Crippen LogP contribution in [0.25, 0.3) is 0 Å². The summed E-state index contributed by atoms with van der Waals surface area (Å²) >= 11 is 0. The summed E-state index contributed by atoms with van der Waals surface area (Å²) in [7, 11) is 0. The van der Waals surface area contributed by atoms with Gasteiger partial charge in [-0.05, 0) is 24.8 Å². The van der Waals surface area contributed by atoms with Gasteiger partial charge < -0.3 is 15.6 Å². The quantitative estimate of drug-likeness (QED) is 0.734. The fourth-order valence-electron chi connectivity index (χ4n) is 2.76. The average molecular weight is 211 g/mol. The van der Waals surface area contributed by atoms with Gasteiger partial charge >= 0.3 is 0 Å². The average Bonchev–Trinajstić information content (AvgIpc) is 2.24. The van der Waals surface area contributed by atoms with Crippen molar-refractivity contribution in [3.05, 3.63) is 11.3 Å². The van der Waals surface area contributed by atoms with Crippen molar-refractivity contribution in [1.29, 1.82) is 0 Å². The van der Waals surface area contributed by atoms with Crippen LogP contribution in [0.5, 0.6) is 0 Å². The number of hydrogen-bond donors (Lipinski definition) is 2. The summed E-state index contributed by atoms with van der Waals surface area (Å²) in [5, 5.41) is 10.1. The normalized spacial score (nSPS) is 44.9. The smallest absolute Gasteiger partial charge is 0.101 e. The Morgan fingerprint density at radius 2 is 2.13 bits per heavy atom. The molecule has 15 heavy (non-hydrogen) atoms. The lowest BCUT2D eigenvalue weighted by Gasteiger charge is -2.52. The Morgan fingerprint density at radius 3 is 2.73 bits per heavy atom. The van der Waals surface area contributed by atoms with Gasteiger partial charge in [0.2, 0.25) is 0 Å². The molecule has 5 atom stereocenters. The van der Waals surface area contributed by atoms with Gasteiger partial charge in [0.15, 0.2) is 0 Å². The Hall–Kier alpha value is -0.540. The molecule has 0 aromatic heterocycles. The van der Waals surface area contributed by atoms with Crippen LogP contribution in [0.2, 0.25) is 0 Å². The van der Waals surface area contributed by atoms with Gasteiger partial charge in [-0.1, -0.05) is 20.3 Å². The number of ether oxygens (including phenoxy) is 1. The molecule has 3 heteroatoms. The Balaban J connectivity index is 2.20. The van der Waals surface area contributed by atoms with E-state index in [4.69, 9.17) is 10.5 Å². The van der Waals surface area contributed by atoms with E-state index in [2.05, 4.69) is 13.8 Å². The number of aliphatic hydroxyl groups is 1. The van der Waals surface area contributed by atoms with E-state index in [1.54, 1.807) is 0 Å². The van der Waals surface area contributed by atoms with E-state index in [1.807, 2.05) is 6.92 Å². The van der Waals surface area contributed by atoms with Crippen LogP contribution < -0.4 is 5.73 Å². The molecule has 0 aromatic rings. The van der Waals surface area contributed by atoms with E-state index >= 15 is 0 Å². The van der Waals surface area contributed by atoms with Crippen LogP contribution in [-0.2, 0) is 4.74 Å². The third-order valence-electron chi connectivity index (χ3n) is 3.97. The molecule has 1 aliphatic carbocycles. The molecule has 0 radical (unpaired) electrons. The summed E-state index contributed by atoms with van der Waals surface area (Å²) in [6.07, 6.45) is 2.31. The molecule has 86 valence electrons. The number of fused-ring (bicyclic) bond motifs is 1. The van der Waals surface area contributed by atoms with Gasteiger partial charge in [0, 0.05) is 6.04 Å². The summed E-state index contributed by atoms with van der Waals surface area (Å²) in [5.41, 5.74) is 6.96. The summed E-state index contributed by atoms with van der Waals surface area (Å²) in [4.78, 5) is 0. The van der Waals surface area contributed by atoms with Gasteiger partial charge in [0.05, 0.1) is 18.1 Å². The summed E-state index contributed by atoms with van der Waals surface area (Å²) in [6, 6.07) is 0.0625. The van der Waals surface area contributed by atoms with E-state index in [-0.39, 0.29) is 24.2 Å². The molecule has 0 bridgehead atoms. The predicted molar refractivity (Wildman–Crippen MR) is 59.5 cm³/mol. The third kappa shape index (κ3) is 1.49. The van der Waals surface area contributed by atoms with Gasteiger partial charge in [0.1, 0.15) is 5.76 Å². The monoisotopic (exact) mass is 211 g/mol. The molecule has 3 N–H and O–H groups in total. The lowest BCUT2D eigenvalue weighted by molar-refractivity contribution is -0.142. The molecule has 1 fully saturated rings. The van der Waals surface area contributed by atoms with Crippen molar-refractivity contribution in [3.63, 3.8) is 0 Å². The largest absolute Gasteiger partial charge is 0.512 e. The van der Waals surface area contributed by atoms with Gasteiger partial charge in [-0.2, -0.15) is 0 Å². The van der Waals surface area contributed by atoms with Crippen LogP contribution in [-0.4, -0.2) is 23.4 Å². The van der Waals surface area contributed by atoms with Crippen LogP contribution in [0.1, 0.15) is 33.6 Å². The number of rotatable bonds is 2. The molecule has 3 nitrogen and oxygen atoms in total. The zero-order valence-electron chi connectivity index (χ0n) is 9.73. The molecule has 0 aromatic carbocycles. The number of hydrogen-bond acceptors (Lipinski definition) is 3. The van der Waals surface area contributed by atoms with E-state index in [0.717, 1.165) is 18.4 Å². The van der Waals surface area contributed by atoms with Crippen molar-refractivity contribution < 1.29 is 9.84 Å². The predicted octanol–water partition coefficient (Wildman–Crippen LogP) is 1.98. The third-order valence-corrected chi connectivity index (χ3v) is 3.97. The minimum Gasteiger partial charge on any atom is -0.512 e. The van der Waals surface area contributed by atoms with Crippen LogP contribution >= 0.6 is 0 Å². The van der Waals surface area contributed by atoms with Gasteiger partial charge in [0.25, 0.3) is 0 Å². The highest BCUT2D eigenvalue weighted by atomic mass is 16.5. The second kappa shape index (κ2) is 3.80. The van der Waals surface area contributed by atoms with E-state index in [0.29, 0.717) is 11.7 Å². The molecular weight excluding hydrogens is 190 g/mol. The highest BCUT2D eigenvalue weighted by Gasteiger charge is 2.52. The summed E-state index contributed by atoms with van der Waals surface area (Å²) in [5.74, 6) is 0.910. The topological polar surface area (TPSA) is 55.5 Å². The first kappa shape index (κ1) is 11.0. The van der Waals surface area contributed by atoms with Crippen molar-refractivity contribution in [3.8, 4) is 0 Å². The maximum atomic E-state index is 10.1. The highest BCUT2D eigenvalue weighted by Crippen LogP contribution is 2.45. The molecule has 4 unspecified atom stereocenters. The molecule has 1 aliphatic heterocycles. The maximum absolute atomic E-state index is 10.1. The SMILES string of the molecule is CCCC1OC2C(C)[C@@H](N)C2C(O)=C1C. The summed E-state index contributed by atoms with van der Waals surface area (Å²) < 4.78 is 5.99. The van der Waals surface area contributed by atoms with E-state index < -0.39 is 0 Å². The lowest BCUT2D eigenvalue weighted by atomic mass is 9.65. The van der Waals surface area contributed by atoms with Crippen molar-refractivity contribution >= 4 is 0 Å². The molecule has 0 saturated heterocycles. The number of nitrogens with two attached hydrogens (primary N) is 1. The van der Waals surface area contributed by atoms with Gasteiger partial charge in [-0.3, -0.25) is 0 Å². The zero-order valence-corrected chi connectivity index (χ0v) is 9.73. The molecule has 2 aliphatic rings. The second-order valence-corrected chi connectivity index (χ2v) is 4.91. The van der Waals surface area contributed by atoms with Crippen LogP contribution in [0, 0.1) is 11.8 Å². The van der Waals surface area contributed by atoms with Crippen LogP contribution in [0.15, 0.2) is 11.3 Å². The Kier molecular flexibility index (Phi) is 2.77. The maximum Gasteiger partial charge on any atom is 0.101 e. The standard InChI is InChI=1S/C12H21NO2/c1-4-5-8-6(2)11(14)9-10(13)7(3)12(9)15-8/h7-10,12,14H,4-5,13H2,1-3H3/t7?,8?,9?,10-,12?/m1/s1. The van der Waals surface area contributed by atoms with E-state index in [1.165, 1.54) is 0 Å². The highest BCUT2D eigenvalue weighted by molar-refractivity contribution is 5.24. The first-order chi connectivity index (χ1) is 7.07. The van der Waals surface area contributed by atoms with Crippen molar-refractivity contribution in [1.82, 2.24) is 0 Å². The second-order valence-electron chi connectivity index (χ2n) is 4.91. The Morgan fingerprint density at radius 1 is 1.47 bits per heavy atom. The van der Waals surface area contributed by atoms with Crippen LogP contribution in [0.3, 0.4) is 0 Å². The fourth-order valence-corrected chi connectivity index (χ4v) is 2.76. The van der Waals surface area contributed by atoms with Gasteiger partial charge in [-0.15, -0.1) is 0 Å². The number of aliphatic hydroxyl groups excluding tert-OH is 1. The minimum atomic E-state index is 0.0492. The zero-order chi connectivity index (χ0) is 11.2. The first-order valence-electron chi connectivity index (χ1n) is 5.88. The molecule has 0 spiro atoms. The van der Waals surface area contributed by atoms with Gasteiger partial charge in [-0.25, -0.2) is 0 Å². The Labute approximate surface area is 91.3 Å². The minimum absolute atomic E-state index is 0.0492. The molecule has 0 amide bonds. The Bertz CT molecular complexity index is 287. The summed E-state index contributed by atoms with van der Waals surface area (Å²) in [6.45, 7) is 6.19. The lowest BCUT2D eigenvalue weighted by Crippen LogP contribution is -2.63. The molecular formula is C12H21NO2. The molecule has 1 saturated carbocycles. The van der Waals surface area contributed by atoms with Crippen molar-refractivity contribution in [2.75, 3.05) is 0 Å². The van der Waals surface area contributed by atoms with E-state index in [9.17, 15) is 5.11 Å². The fraction of sp³-hybridized carbons (Fsp3) is 0.833. The van der Waals surface area contributed by atoms with Crippen molar-refractivity contribution in [2.24, 2.45) is 17.6 Å². The van der Waals surface area contributed by atoms with Crippen LogP contribution in [0.4, 0.5) is 0 Å². The first-order valence-corrected chi connectivity index (χ1v) is 5.88. The molecule has 1 heterocycles.